The molecule has 3 aromatic rings. The largest absolute Gasteiger partial charge is 0.496 e. The summed E-state index contributed by atoms with van der Waals surface area (Å²) in [6.07, 6.45) is 1.54. The normalized spacial score (nSPS) is 13.9. The van der Waals surface area contributed by atoms with Crippen LogP contribution in [0.1, 0.15) is 32.2 Å². The third kappa shape index (κ3) is 3.27. The van der Waals surface area contributed by atoms with Crippen molar-refractivity contribution >= 4 is 17.8 Å². The van der Waals surface area contributed by atoms with Crippen molar-refractivity contribution in [3.05, 3.63) is 83.0 Å². The Balaban J connectivity index is 1.56. The van der Waals surface area contributed by atoms with Gasteiger partial charge in [0, 0.05) is 12.1 Å². The zero-order chi connectivity index (χ0) is 19.7. The van der Waals surface area contributed by atoms with Crippen LogP contribution in [0, 0.1) is 6.92 Å². The SMILES string of the molecule is COc1ccccc1C(=O)Oc1ccc2c(c1)O/C(=C/c1ccc(C)o1)C2=O. The van der Waals surface area contributed by atoms with Crippen LogP contribution in [0.2, 0.25) is 0 Å². The molecular formula is C22H16O6. The Hall–Kier alpha value is -3.80. The number of furan rings is 1. The molecular weight excluding hydrogens is 360 g/mol. The first-order chi connectivity index (χ1) is 13.5. The standard InChI is InChI=1S/C22H16O6/c1-13-7-8-14(26-13)12-20-21(23)16-10-9-15(11-19(16)28-20)27-22(24)17-5-3-4-6-18(17)25-2/h3-12H,1-2H3/b20-12+. The minimum Gasteiger partial charge on any atom is -0.496 e. The summed E-state index contributed by atoms with van der Waals surface area (Å²) in [6.45, 7) is 1.82. The van der Waals surface area contributed by atoms with Gasteiger partial charge >= 0.3 is 5.97 Å². The Kier molecular flexibility index (Phi) is 4.45. The summed E-state index contributed by atoms with van der Waals surface area (Å²) < 4.78 is 21.7. The molecule has 140 valence electrons. The number of methoxy groups -OCH3 is 1. The Labute approximate surface area is 160 Å². The summed E-state index contributed by atoms with van der Waals surface area (Å²) in [6, 6.07) is 14.9. The molecule has 0 aliphatic carbocycles. The minimum atomic E-state index is -0.566. The van der Waals surface area contributed by atoms with Crippen molar-refractivity contribution in [1.82, 2.24) is 0 Å². The van der Waals surface area contributed by atoms with E-state index < -0.39 is 5.97 Å². The highest BCUT2D eigenvalue weighted by Gasteiger charge is 2.28. The molecule has 4 rings (SSSR count). The van der Waals surface area contributed by atoms with Gasteiger partial charge in [0.1, 0.15) is 34.3 Å². The number of carbonyl (C=O) groups is 2. The fraction of sp³-hybridized carbons (Fsp3) is 0.0909. The van der Waals surface area contributed by atoms with Crippen LogP contribution in [0.3, 0.4) is 0 Å². The second-order valence-corrected chi connectivity index (χ2v) is 6.14. The molecule has 0 amide bonds. The Morgan fingerprint density at radius 3 is 2.64 bits per heavy atom. The monoisotopic (exact) mass is 376 g/mol. The summed E-state index contributed by atoms with van der Waals surface area (Å²) in [5.41, 5.74) is 0.697. The highest BCUT2D eigenvalue weighted by molar-refractivity contribution is 6.14. The third-order valence-electron chi connectivity index (χ3n) is 4.21. The molecule has 2 heterocycles. The number of Topliss-reactive ketones (excluding diaryl/α,β-unsaturated/α-hetero) is 1. The molecule has 1 aromatic heterocycles. The van der Waals surface area contributed by atoms with Crippen molar-refractivity contribution in [3.8, 4) is 17.2 Å². The number of fused-ring (bicyclic) bond motifs is 1. The van der Waals surface area contributed by atoms with E-state index in [1.165, 1.54) is 19.3 Å². The highest BCUT2D eigenvalue weighted by Crippen LogP contribution is 2.35. The van der Waals surface area contributed by atoms with Gasteiger partial charge in [-0.05, 0) is 43.3 Å². The lowest BCUT2D eigenvalue weighted by Crippen LogP contribution is -2.10. The van der Waals surface area contributed by atoms with E-state index in [1.54, 1.807) is 48.5 Å². The molecule has 0 saturated carbocycles. The van der Waals surface area contributed by atoms with E-state index in [9.17, 15) is 9.59 Å². The van der Waals surface area contributed by atoms with Crippen LogP contribution in [0.4, 0.5) is 0 Å². The van der Waals surface area contributed by atoms with Crippen molar-refractivity contribution < 1.29 is 28.2 Å². The van der Waals surface area contributed by atoms with Gasteiger partial charge in [0.15, 0.2) is 5.76 Å². The molecule has 28 heavy (non-hydrogen) atoms. The molecule has 0 fully saturated rings. The summed E-state index contributed by atoms with van der Waals surface area (Å²) in [5, 5.41) is 0. The topological polar surface area (TPSA) is 75.0 Å². The van der Waals surface area contributed by atoms with E-state index >= 15 is 0 Å². The third-order valence-corrected chi connectivity index (χ3v) is 4.21. The molecule has 6 heteroatoms. The van der Waals surface area contributed by atoms with Gasteiger partial charge in [-0.3, -0.25) is 4.79 Å². The van der Waals surface area contributed by atoms with Crippen LogP contribution in [-0.2, 0) is 0 Å². The van der Waals surface area contributed by atoms with E-state index in [2.05, 4.69) is 0 Å². The van der Waals surface area contributed by atoms with Crippen LogP contribution >= 0.6 is 0 Å². The average molecular weight is 376 g/mol. The zero-order valence-electron chi connectivity index (χ0n) is 15.2. The number of esters is 1. The molecule has 0 spiro atoms. The number of ether oxygens (including phenoxy) is 3. The second-order valence-electron chi connectivity index (χ2n) is 6.14. The van der Waals surface area contributed by atoms with E-state index in [0.29, 0.717) is 28.4 Å². The van der Waals surface area contributed by atoms with Crippen molar-refractivity contribution in [1.29, 1.82) is 0 Å². The number of allylic oxidation sites excluding steroid dienone is 1. The molecule has 0 saturated heterocycles. The minimum absolute atomic E-state index is 0.151. The number of hydrogen-bond acceptors (Lipinski definition) is 6. The Bertz CT molecular complexity index is 1110. The molecule has 0 bridgehead atoms. The van der Waals surface area contributed by atoms with E-state index in [1.807, 2.05) is 6.92 Å². The van der Waals surface area contributed by atoms with Crippen molar-refractivity contribution in [2.24, 2.45) is 0 Å². The van der Waals surface area contributed by atoms with E-state index in [-0.39, 0.29) is 17.3 Å². The molecule has 6 nitrogen and oxygen atoms in total. The summed E-state index contributed by atoms with van der Waals surface area (Å²) in [5.74, 6) is 1.59. The van der Waals surface area contributed by atoms with Crippen LogP contribution < -0.4 is 14.2 Å². The van der Waals surface area contributed by atoms with Gasteiger partial charge in [0.25, 0.3) is 0 Å². The summed E-state index contributed by atoms with van der Waals surface area (Å²) in [4.78, 5) is 24.9. The summed E-state index contributed by atoms with van der Waals surface area (Å²) >= 11 is 0. The Morgan fingerprint density at radius 1 is 1.07 bits per heavy atom. The molecule has 2 aromatic carbocycles. The van der Waals surface area contributed by atoms with Gasteiger partial charge in [0.05, 0.1) is 12.7 Å². The molecule has 0 N–H and O–H groups in total. The van der Waals surface area contributed by atoms with Crippen molar-refractivity contribution in [2.75, 3.05) is 7.11 Å². The van der Waals surface area contributed by atoms with E-state index in [0.717, 1.165) is 5.76 Å². The number of carbonyl (C=O) groups excluding carboxylic acids is 2. The number of ketones is 1. The summed E-state index contributed by atoms with van der Waals surface area (Å²) in [7, 11) is 1.48. The van der Waals surface area contributed by atoms with Crippen molar-refractivity contribution in [3.63, 3.8) is 0 Å². The van der Waals surface area contributed by atoms with Crippen LogP contribution in [-0.4, -0.2) is 18.9 Å². The Morgan fingerprint density at radius 2 is 1.89 bits per heavy atom. The first kappa shape index (κ1) is 17.6. The average Bonchev–Trinajstić information content (AvgIpc) is 3.24. The molecule has 0 atom stereocenters. The van der Waals surface area contributed by atoms with Gasteiger partial charge < -0.3 is 18.6 Å². The number of aryl methyl sites for hydroxylation is 1. The van der Waals surface area contributed by atoms with Crippen LogP contribution in [0.5, 0.6) is 17.2 Å². The predicted molar refractivity (Wildman–Crippen MR) is 101 cm³/mol. The predicted octanol–water partition coefficient (Wildman–Crippen LogP) is 4.43. The van der Waals surface area contributed by atoms with Crippen LogP contribution in [0.15, 0.2) is 64.8 Å². The highest BCUT2D eigenvalue weighted by atomic mass is 16.5. The van der Waals surface area contributed by atoms with Gasteiger partial charge in [-0.15, -0.1) is 0 Å². The quantitative estimate of drug-likeness (QED) is 0.381. The molecule has 0 unspecified atom stereocenters. The first-order valence-corrected chi connectivity index (χ1v) is 8.55. The maximum Gasteiger partial charge on any atom is 0.347 e. The molecule has 0 radical (unpaired) electrons. The first-order valence-electron chi connectivity index (χ1n) is 8.55. The number of rotatable bonds is 4. The second kappa shape index (κ2) is 7.08. The zero-order valence-corrected chi connectivity index (χ0v) is 15.2. The molecule has 1 aliphatic rings. The van der Waals surface area contributed by atoms with Crippen LogP contribution in [0.25, 0.3) is 6.08 Å². The van der Waals surface area contributed by atoms with Gasteiger partial charge in [-0.1, -0.05) is 12.1 Å². The van der Waals surface area contributed by atoms with Gasteiger partial charge in [-0.25, -0.2) is 4.79 Å². The fourth-order valence-electron chi connectivity index (χ4n) is 2.87. The maximum atomic E-state index is 12.5. The lowest BCUT2D eigenvalue weighted by Gasteiger charge is -2.08. The number of benzene rings is 2. The van der Waals surface area contributed by atoms with Gasteiger partial charge in [0.2, 0.25) is 5.78 Å². The maximum absolute atomic E-state index is 12.5. The lowest BCUT2D eigenvalue weighted by atomic mass is 10.1. The van der Waals surface area contributed by atoms with E-state index in [4.69, 9.17) is 18.6 Å². The smallest absolute Gasteiger partial charge is 0.347 e. The number of para-hydroxylation sites is 1. The molecule has 1 aliphatic heterocycles. The van der Waals surface area contributed by atoms with Gasteiger partial charge in [-0.2, -0.15) is 0 Å². The lowest BCUT2D eigenvalue weighted by molar-refractivity contribution is 0.0731. The van der Waals surface area contributed by atoms with Crippen molar-refractivity contribution in [2.45, 2.75) is 6.92 Å². The fourth-order valence-corrected chi connectivity index (χ4v) is 2.87. The number of hydrogen-bond donors (Lipinski definition) is 0.